The van der Waals surface area contributed by atoms with Crippen molar-refractivity contribution in [2.24, 2.45) is 0 Å². The second-order valence-electron chi connectivity index (χ2n) is 28.5. The Morgan fingerprint density at radius 1 is 0.273 bits per heavy atom. The second kappa shape index (κ2) is 30.5. The van der Waals surface area contributed by atoms with Gasteiger partial charge in [-0.1, -0.05) is 253 Å². The Balaban J connectivity index is 0.831. The molecule has 0 radical (unpaired) electrons. The van der Waals surface area contributed by atoms with E-state index in [0.717, 1.165) is 128 Å². The Labute approximate surface area is 600 Å². The highest BCUT2D eigenvalue weighted by Gasteiger charge is 2.45. The van der Waals surface area contributed by atoms with Crippen molar-refractivity contribution < 1.29 is 9.47 Å². The lowest BCUT2D eigenvalue weighted by molar-refractivity contribution is 0.217. The van der Waals surface area contributed by atoms with E-state index >= 15 is 0 Å². The molecule has 2 atom stereocenters. The molecular formula is C88H96N6O2S3. The lowest BCUT2D eigenvalue weighted by Crippen LogP contribution is -2.25. The van der Waals surface area contributed by atoms with Crippen LogP contribution in [0.5, 0.6) is 11.5 Å². The highest BCUT2D eigenvalue weighted by atomic mass is 32.1. The Hall–Kier alpha value is -7.96. The maximum atomic E-state index is 6.16. The molecule has 3 aromatic heterocycles. The van der Waals surface area contributed by atoms with Gasteiger partial charge in [0, 0.05) is 44.2 Å². The van der Waals surface area contributed by atoms with Crippen molar-refractivity contribution in [2.75, 3.05) is 0 Å². The normalized spacial score (nSPS) is 14.0. The third kappa shape index (κ3) is 13.3. The zero-order valence-corrected chi connectivity index (χ0v) is 61.9. The van der Waals surface area contributed by atoms with Crippen LogP contribution in [-0.2, 0) is 10.8 Å². The van der Waals surface area contributed by atoms with Gasteiger partial charge in [0.1, 0.15) is 44.6 Å². The lowest BCUT2D eigenvalue weighted by Gasteiger charge is -2.33. The van der Waals surface area contributed by atoms with Crippen molar-refractivity contribution in [1.82, 2.24) is 26.2 Å². The molecule has 0 aliphatic heterocycles. The van der Waals surface area contributed by atoms with Gasteiger partial charge in [-0.3, -0.25) is 0 Å². The lowest BCUT2D eigenvalue weighted by atomic mass is 9.69. The van der Waals surface area contributed by atoms with Crippen molar-refractivity contribution in [3.63, 3.8) is 0 Å². The standard InChI is InChI=1S/C88H96N6O2S3/c1-9-15-19-23-49-87(50-24-20-16-10-2)77-53-61(69-45-43-67(81-83(69)91-97-89-81)59-27-35-65(36-28-59)95-57(7)13-5)31-39-73(77)75-41-33-63(55-79(75)87)71-47-48-72(86-85(71)93-99-94-86)64-34-42-76-74-40-32-62(54-78(74)88(80(76)56-64,51-25-21-17-11-3)52-26-22-18-12-4)70-46-44-68(82-84(70)92-98-90-82)60-29-37-66(38-30-60)96-58(8)14-6/h27-48,53-58H,9-26,49-52H2,1-8H3. The van der Waals surface area contributed by atoms with Crippen LogP contribution < -0.4 is 9.47 Å². The first-order chi connectivity index (χ1) is 48.6. The molecule has 0 spiro atoms. The molecule has 9 aromatic carbocycles. The summed E-state index contributed by atoms with van der Waals surface area (Å²) in [6.45, 7) is 17.9. The summed E-state index contributed by atoms with van der Waals surface area (Å²) in [6.07, 6.45) is 26.1. The molecule has 0 saturated heterocycles. The second-order valence-corrected chi connectivity index (χ2v) is 30.1. The number of ether oxygens (including phenoxy) is 2. The number of hydrogen-bond acceptors (Lipinski definition) is 11. The first kappa shape index (κ1) is 68.2. The Morgan fingerprint density at radius 3 is 0.727 bits per heavy atom. The Kier molecular flexibility index (Phi) is 21.0. The molecule has 0 amide bonds. The molecule has 0 N–H and O–H groups in total. The molecule has 0 fully saturated rings. The van der Waals surface area contributed by atoms with Crippen molar-refractivity contribution in [3.8, 4) is 101 Å². The van der Waals surface area contributed by atoms with E-state index in [0.29, 0.717) is 0 Å². The largest absolute Gasteiger partial charge is 0.491 e. The SMILES string of the molecule is CCCCCCC1(CCCCCC)c2cc(-c3ccc(-c4ccc(OC(C)CC)cc4)c4nsnc34)ccc2-c2ccc(-c3ccc(-c4ccc5c(c4)C(CCCCCC)(CCCCCC)c4cc(-c6ccc(-c7ccc(OC(C)CC)cc7)c7nsnc67)ccc4-5)c4nsnc34)cc21. The summed E-state index contributed by atoms with van der Waals surface area (Å²) in [4.78, 5) is 0. The van der Waals surface area contributed by atoms with Crippen LogP contribution in [0.15, 0.2) is 158 Å². The van der Waals surface area contributed by atoms with Gasteiger partial charge in [-0.25, -0.2) is 0 Å². The van der Waals surface area contributed by atoms with Crippen LogP contribution in [0.2, 0.25) is 0 Å². The van der Waals surface area contributed by atoms with Gasteiger partial charge < -0.3 is 9.47 Å². The maximum absolute atomic E-state index is 6.16. The molecule has 0 bridgehead atoms. The molecule has 8 nitrogen and oxygen atoms in total. The summed E-state index contributed by atoms with van der Waals surface area (Å²) >= 11 is 3.95. The summed E-state index contributed by atoms with van der Waals surface area (Å²) in [6, 6.07) is 60.2. The van der Waals surface area contributed by atoms with E-state index in [1.165, 1.54) is 205 Å². The third-order valence-electron chi connectivity index (χ3n) is 22.2. The van der Waals surface area contributed by atoms with Gasteiger partial charge in [-0.2, -0.15) is 26.2 Å². The minimum atomic E-state index is -0.163. The fourth-order valence-corrected chi connectivity index (χ4v) is 18.2. The molecule has 11 heteroatoms. The maximum Gasteiger partial charge on any atom is 0.119 e. The van der Waals surface area contributed by atoms with Crippen molar-refractivity contribution in [3.05, 3.63) is 180 Å². The Bertz CT molecular complexity index is 4470. The smallest absolute Gasteiger partial charge is 0.119 e. The molecule has 2 aliphatic carbocycles. The average Bonchev–Trinajstić information content (AvgIpc) is 1.57. The molecule has 0 saturated carbocycles. The van der Waals surface area contributed by atoms with Crippen LogP contribution in [0.4, 0.5) is 0 Å². The predicted octanol–water partition coefficient (Wildman–Crippen LogP) is 26.5. The van der Waals surface area contributed by atoms with Crippen LogP contribution in [0, 0.1) is 0 Å². The number of unbranched alkanes of at least 4 members (excludes halogenated alkanes) is 12. The minimum absolute atomic E-state index is 0.163. The van der Waals surface area contributed by atoms with E-state index in [4.69, 9.17) is 35.7 Å². The minimum Gasteiger partial charge on any atom is -0.491 e. The number of hydrogen-bond donors (Lipinski definition) is 0. The number of aromatic nitrogens is 6. The van der Waals surface area contributed by atoms with Gasteiger partial charge in [-0.05, 0) is 179 Å². The summed E-state index contributed by atoms with van der Waals surface area (Å²) in [5, 5.41) is 0. The quantitative estimate of drug-likeness (QED) is 0.0385. The van der Waals surface area contributed by atoms with E-state index in [-0.39, 0.29) is 23.0 Å². The summed E-state index contributed by atoms with van der Waals surface area (Å²) < 4.78 is 42.8. The topological polar surface area (TPSA) is 95.8 Å². The average molecular weight is 1370 g/mol. The van der Waals surface area contributed by atoms with Crippen LogP contribution in [0.3, 0.4) is 0 Å². The van der Waals surface area contributed by atoms with Gasteiger partial charge in [0.15, 0.2) is 0 Å². The van der Waals surface area contributed by atoms with Crippen molar-refractivity contribution in [1.29, 1.82) is 0 Å². The monoisotopic (exact) mass is 1360 g/mol. The van der Waals surface area contributed by atoms with E-state index < -0.39 is 0 Å². The van der Waals surface area contributed by atoms with E-state index in [2.05, 4.69) is 213 Å². The van der Waals surface area contributed by atoms with E-state index in [9.17, 15) is 0 Å². The third-order valence-corrected chi connectivity index (χ3v) is 23.8. The van der Waals surface area contributed by atoms with Gasteiger partial charge in [0.05, 0.1) is 47.4 Å². The summed E-state index contributed by atoms with van der Waals surface area (Å²) in [5.74, 6) is 1.78. The molecular weight excluding hydrogens is 1270 g/mol. The van der Waals surface area contributed by atoms with Crippen LogP contribution in [0.25, 0.3) is 122 Å². The molecule has 2 unspecified atom stereocenters. The number of benzene rings is 9. The zero-order chi connectivity index (χ0) is 68.0. The van der Waals surface area contributed by atoms with Gasteiger partial charge >= 0.3 is 0 Å². The van der Waals surface area contributed by atoms with Gasteiger partial charge in [-0.15, -0.1) is 0 Å². The van der Waals surface area contributed by atoms with Gasteiger partial charge in [0.25, 0.3) is 0 Å². The number of rotatable bonds is 32. The summed E-state index contributed by atoms with van der Waals surface area (Å²) in [7, 11) is 0. The van der Waals surface area contributed by atoms with Crippen molar-refractivity contribution in [2.45, 2.75) is 220 Å². The first-order valence-electron chi connectivity index (χ1n) is 37.5. The first-order valence-corrected chi connectivity index (χ1v) is 39.7. The van der Waals surface area contributed by atoms with Crippen LogP contribution in [0.1, 0.15) is 219 Å². The van der Waals surface area contributed by atoms with Crippen LogP contribution in [-0.4, -0.2) is 38.4 Å². The molecule has 508 valence electrons. The van der Waals surface area contributed by atoms with Gasteiger partial charge in [0.2, 0.25) is 0 Å². The zero-order valence-electron chi connectivity index (χ0n) is 59.4. The van der Waals surface area contributed by atoms with E-state index in [1.54, 1.807) is 0 Å². The van der Waals surface area contributed by atoms with E-state index in [1.807, 2.05) is 0 Å². The molecule has 99 heavy (non-hydrogen) atoms. The van der Waals surface area contributed by atoms with Crippen LogP contribution >= 0.6 is 35.2 Å². The molecule has 3 heterocycles. The predicted molar refractivity (Wildman–Crippen MR) is 420 cm³/mol. The fourth-order valence-electron chi connectivity index (χ4n) is 16.5. The fraction of sp³-hybridized carbons (Fsp3) is 0.386. The highest BCUT2D eigenvalue weighted by molar-refractivity contribution is 7.00. The summed E-state index contributed by atoms with van der Waals surface area (Å²) in [5.41, 5.74) is 30.5. The van der Waals surface area contributed by atoms with Crippen molar-refractivity contribution >= 4 is 68.3 Å². The molecule has 2 aliphatic rings. The Morgan fingerprint density at radius 2 is 0.495 bits per heavy atom. The molecule has 12 aromatic rings. The molecule has 14 rings (SSSR count). The number of nitrogens with zero attached hydrogens (tertiary/aromatic N) is 6. The highest BCUT2D eigenvalue weighted by Crippen LogP contribution is 2.59. The number of fused-ring (bicyclic) bond motifs is 9.